The van der Waals surface area contributed by atoms with Crippen LogP contribution in [0.3, 0.4) is 0 Å². The smallest absolute Gasteiger partial charge is 0.276 e. The van der Waals surface area contributed by atoms with Gasteiger partial charge in [0.2, 0.25) is 5.09 Å². The maximum absolute atomic E-state index is 12.6. The van der Waals surface area contributed by atoms with Crippen LogP contribution < -0.4 is 5.32 Å². The van der Waals surface area contributed by atoms with Crippen molar-refractivity contribution in [2.45, 2.75) is 36.4 Å². The van der Waals surface area contributed by atoms with E-state index in [1.807, 2.05) is 14.1 Å². The highest BCUT2D eigenvalue weighted by atomic mass is 32.2. The van der Waals surface area contributed by atoms with E-state index < -0.39 is 10.0 Å². The summed E-state index contributed by atoms with van der Waals surface area (Å²) in [6.07, 6.45) is 3.21. The minimum Gasteiger partial charge on any atom is -0.447 e. The van der Waals surface area contributed by atoms with Crippen molar-refractivity contribution < 1.29 is 12.8 Å². The molecule has 6 nitrogen and oxygen atoms in total. The molecule has 1 aromatic heterocycles. The van der Waals surface area contributed by atoms with Crippen molar-refractivity contribution in [2.75, 3.05) is 34.7 Å². The molecule has 1 fully saturated rings. The van der Waals surface area contributed by atoms with Crippen LogP contribution in [0.1, 0.15) is 25.0 Å². The fraction of sp³-hybridized carbons (Fsp3) is 0.714. The van der Waals surface area contributed by atoms with E-state index in [2.05, 4.69) is 10.2 Å². The largest absolute Gasteiger partial charge is 0.447 e. The standard InChI is InChI=1S/C14H25N3O3S/c1-15-10-12-6-7-13(20-12)21(18,19)17(4)11-14(16(2)3)8-5-9-14/h6-7,15H,5,8-11H2,1-4H3. The number of rotatable bonds is 7. The highest BCUT2D eigenvalue weighted by molar-refractivity contribution is 7.89. The van der Waals surface area contributed by atoms with Crippen molar-refractivity contribution >= 4 is 10.0 Å². The summed E-state index contributed by atoms with van der Waals surface area (Å²) in [6.45, 7) is 1.01. The Balaban J connectivity index is 2.14. The van der Waals surface area contributed by atoms with E-state index in [1.54, 1.807) is 20.2 Å². The van der Waals surface area contributed by atoms with Gasteiger partial charge in [0.05, 0.1) is 6.54 Å². The van der Waals surface area contributed by atoms with Gasteiger partial charge in [-0.25, -0.2) is 8.42 Å². The van der Waals surface area contributed by atoms with Crippen LogP contribution in [-0.4, -0.2) is 57.9 Å². The Morgan fingerprint density at radius 2 is 1.95 bits per heavy atom. The van der Waals surface area contributed by atoms with Gasteiger partial charge in [0.25, 0.3) is 10.0 Å². The Bertz CT molecular complexity index is 576. The fourth-order valence-corrected chi connectivity index (χ4v) is 3.92. The van der Waals surface area contributed by atoms with Crippen LogP contribution in [0.25, 0.3) is 0 Å². The molecule has 1 aliphatic carbocycles. The lowest BCUT2D eigenvalue weighted by Crippen LogP contribution is -2.57. The lowest BCUT2D eigenvalue weighted by molar-refractivity contribution is 0.0452. The van der Waals surface area contributed by atoms with Crippen molar-refractivity contribution in [2.24, 2.45) is 0 Å². The zero-order valence-electron chi connectivity index (χ0n) is 13.2. The summed E-state index contributed by atoms with van der Waals surface area (Å²) >= 11 is 0. The Labute approximate surface area is 127 Å². The minimum absolute atomic E-state index is 0.0171. The van der Waals surface area contributed by atoms with E-state index >= 15 is 0 Å². The predicted molar refractivity (Wildman–Crippen MR) is 81.6 cm³/mol. The monoisotopic (exact) mass is 315 g/mol. The molecule has 120 valence electrons. The van der Waals surface area contributed by atoms with Gasteiger partial charge in [-0.1, -0.05) is 0 Å². The summed E-state index contributed by atoms with van der Waals surface area (Å²) < 4.78 is 32.0. The van der Waals surface area contributed by atoms with E-state index in [9.17, 15) is 8.42 Å². The summed E-state index contributed by atoms with van der Waals surface area (Å²) in [5.74, 6) is 0.621. The molecule has 2 rings (SSSR count). The maximum atomic E-state index is 12.6. The summed E-state index contributed by atoms with van der Waals surface area (Å²) in [7, 11) is 3.87. The number of sulfonamides is 1. The Kier molecular flexibility index (Phi) is 4.77. The van der Waals surface area contributed by atoms with Gasteiger partial charge in [-0.2, -0.15) is 4.31 Å². The van der Waals surface area contributed by atoms with Gasteiger partial charge in [0.15, 0.2) is 0 Å². The first-order valence-electron chi connectivity index (χ1n) is 7.19. The summed E-state index contributed by atoms with van der Waals surface area (Å²) in [5, 5.41) is 2.96. The molecule has 7 heteroatoms. The van der Waals surface area contributed by atoms with Crippen LogP contribution in [0.5, 0.6) is 0 Å². The molecule has 1 aromatic rings. The third-order valence-electron chi connectivity index (χ3n) is 4.40. The number of likely N-dealkylation sites (N-methyl/N-ethyl adjacent to an activating group) is 2. The second-order valence-electron chi connectivity index (χ2n) is 5.98. The molecular formula is C14H25N3O3S. The zero-order chi connectivity index (χ0) is 15.7. The third-order valence-corrected chi connectivity index (χ3v) is 6.08. The van der Waals surface area contributed by atoms with Crippen LogP contribution >= 0.6 is 0 Å². The van der Waals surface area contributed by atoms with Crippen molar-refractivity contribution in [3.63, 3.8) is 0 Å². The first-order valence-corrected chi connectivity index (χ1v) is 8.63. The molecule has 1 heterocycles. The molecule has 0 aromatic carbocycles. The van der Waals surface area contributed by atoms with Crippen LogP contribution in [0.2, 0.25) is 0 Å². The SMILES string of the molecule is CNCc1ccc(S(=O)(=O)N(C)CC2(N(C)C)CCC2)o1. The number of furan rings is 1. The number of hydrogen-bond acceptors (Lipinski definition) is 5. The van der Waals surface area contributed by atoms with Gasteiger partial charge >= 0.3 is 0 Å². The topological polar surface area (TPSA) is 65.8 Å². The third kappa shape index (κ3) is 3.15. The molecule has 0 radical (unpaired) electrons. The average molecular weight is 315 g/mol. The molecule has 0 saturated heterocycles. The molecule has 21 heavy (non-hydrogen) atoms. The van der Waals surface area contributed by atoms with Crippen LogP contribution in [0.4, 0.5) is 0 Å². The van der Waals surface area contributed by atoms with Gasteiger partial charge in [-0.3, -0.25) is 0 Å². The first kappa shape index (κ1) is 16.5. The Hall–Kier alpha value is -0.890. The molecule has 0 aliphatic heterocycles. The highest BCUT2D eigenvalue weighted by Crippen LogP contribution is 2.37. The number of nitrogens with zero attached hydrogens (tertiary/aromatic N) is 2. The molecule has 0 unspecified atom stereocenters. The molecule has 0 bridgehead atoms. The Morgan fingerprint density at radius 3 is 2.43 bits per heavy atom. The van der Waals surface area contributed by atoms with E-state index in [4.69, 9.17) is 4.42 Å². The molecule has 1 N–H and O–H groups in total. The van der Waals surface area contributed by atoms with Crippen LogP contribution in [0, 0.1) is 0 Å². The molecule has 0 atom stereocenters. The normalized spacial score (nSPS) is 18.2. The highest BCUT2D eigenvalue weighted by Gasteiger charge is 2.42. The zero-order valence-corrected chi connectivity index (χ0v) is 14.0. The lowest BCUT2D eigenvalue weighted by atomic mass is 9.75. The molecule has 0 amide bonds. The predicted octanol–water partition coefficient (Wildman–Crippen LogP) is 1.10. The van der Waals surface area contributed by atoms with E-state index in [-0.39, 0.29) is 10.6 Å². The second-order valence-corrected chi connectivity index (χ2v) is 7.96. The summed E-state index contributed by atoms with van der Waals surface area (Å²) in [5.41, 5.74) is -0.0395. The van der Waals surface area contributed by atoms with E-state index in [0.29, 0.717) is 18.8 Å². The van der Waals surface area contributed by atoms with Crippen molar-refractivity contribution in [3.8, 4) is 0 Å². The van der Waals surface area contributed by atoms with Gasteiger partial charge in [0, 0.05) is 19.1 Å². The number of hydrogen-bond donors (Lipinski definition) is 1. The fourth-order valence-electron chi connectivity index (χ4n) is 2.75. The van der Waals surface area contributed by atoms with Crippen LogP contribution in [0.15, 0.2) is 21.6 Å². The molecular weight excluding hydrogens is 290 g/mol. The maximum Gasteiger partial charge on any atom is 0.276 e. The Morgan fingerprint density at radius 1 is 1.29 bits per heavy atom. The quantitative estimate of drug-likeness (QED) is 0.816. The molecule has 0 spiro atoms. The van der Waals surface area contributed by atoms with Crippen molar-refractivity contribution in [1.29, 1.82) is 0 Å². The summed E-state index contributed by atoms with van der Waals surface area (Å²) in [4.78, 5) is 2.14. The number of nitrogens with one attached hydrogen (secondary N) is 1. The summed E-state index contributed by atoms with van der Waals surface area (Å²) in [6, 6.07) is 3.23. The van der Waals surface area contributed by atoms with Gasteiger partial charge in [0.1, 0.15) is 5.76 Å². The van der Waals surface area contributed by atoms with Crippen LogP contribution in [-0.2, 0) is 16.6 Å². The van der Waals surface area contributed by atoms with Crippen molar-refractivity contribution in [1.82, 2.24) is 14.5 Å². The van der Waals surface area contributed by atoms with Gasteiger partial charge in [-0.15, -0.1) is 0 Å². The van der Waals surface area contributed by atoms with E-state index in [1.165, 1.54) is 10.4 Å². The first-order chi connectivity index (χ1) is 9.82. The van der Waals surface area contributed by atoms with Gasteiger partial charge < -0.3 is 14.6 Å². The molecule has 1 saturated carbocycles. The lowest BCUT2D eigenvalue weighted by Gasteiger charge is -2.48. The minimum atomic E-state index is -3.57. The molecule has 1 aliphatic rings. The second kappa shape index (κ2) is 6.08. The van der Waals surface area contributed by atoms with Crippen molar-refractivity contribution in [3.05, 3.63) is 17.9 Å². The average Bonchev–Trinajstić information content (AvgIpc) is 2.82. The van der Waals surface area contributed by atoms with Gasteiger partial charge in [-0.05, 0) is 52.5 Å². The van der Waals surface area contributed by atoms with E-state index in [0.717, 1.165) is 19.3 Å².